The summed E-state index contributed by atoms with van der Waals surface area (Å²) in [6, 6.07) is 0. The Bertz CT molecular complexity index is 132. The molecule has 0 heterocycles. The minimum absolute atomic E-state index is 0. The molecule has 0 rings (SSSR count). The van der Waals surface area contributed by atoms with Gasteiger partial charge in [0.05, 0.1) is 0 Å². The lowest BCUT2D eigenvalue weighted by molar-refractivity contribution is 1.49. The van der Waals surface area contributed by atoms with E-state index in [4.69, 9.17) is 22.7 Å². The van der Waals surface area contributed by atoms with Crippen LogP contribution in [0.4, 0.5) is 0 Å². The van der Waals surface area contributed by atoms with Gasteiger partial charge in [-0.25, -0.2) is 0 Å². The Morgan fingerprint density at radius 2 is 1.53 bits per heavy atom. The first-order valence-electron chi connectivity index (χ1n) is 3.49. The Kier molecular flexibility index (Phi) is 57.3. The van der Waals surface area contributed by atoms with Crippen molar-refractivity contribution in [1.82, 2.24) is 0 Å². The highest BCUT2D eigenvalue weighted by Gasteiger charge is 1.79. The maximum absolute atomic E-state index is 6.64. The maximum Gasteiger partial charge on any atom is 0.160 e. The van der Waals surface area contributed by atoms with E-state index in [1.807, 2.05) is 13.8 Å². The fourth-order valence-electron chi connectivity index (χ4n) is 0.156. The van der Waals surface area contributed by atoms with Crippen molar-refractivity contribution in [3.63, 3.8) is 0 Å². The first kappa shape index (κ1) is 29.4. The van der Waals surface area contributed by atoms with Crippen molar-refractivity contribution in [2.24, 2.45) is 17.2 Å². The van der Waals surface area contributed by atoms with Gasteiger partial charge in [-0.1, -0.05) is 33.0 Å². The van der Waals surface area contributed by atoms with Crippen LogP contribution in [-0.4, -0.2) is 21.9 Å². The number of rotatable bonds is 1. The van der Waals surface area contributed by atoms with Gasteiger partial charge in [0.15, 0.2) is 10.3 Å². The fraction of sp³-hybridized carbons (Fsp3) is 0.714. The van der Waals surface area contributed by atoms with E-state index in [2.05, 4.69) is 23.7 Å². The lowest BCUT2D eigenvalue weighted by atomic mass is 11.0. The highest BCUT2D eigenvalue weighted by molar-refractivity contribution is 8.13. The number of nitrogens with two attached hydrogens (primary N) is 3. The Hall–Kier alpha value is 0.0900. The van der Waals surface area contributed by atoms with Gasteiger partial charge < -0.3 is 17.2 Å². The molecule has 0 fully saturated rings. The predicted octanol–water partition coefficient (Wildman–Crippen LogP) is 2.12. The standard InChI is InChI=1S/C3H8N2S.C2H5Cl.CH4N2S.CH4.ClH/c1-2-6-3(4)5;1-2-3;2-1(3)4;;/h2H2,1H3,(H3,4,5);2H2,1H3;(H4,2,3,4);1H4;1H. The summed E-state index contributed by atoms with van der Waals surface area (Å²) in [5.74, 6) is 1.62. The topological polar surface area (TPSA) is 102 Å². The average molecular weight is 297 g/mol. The molecule has 4 nitrogen and oxygen atoms in total. The van der Waals surface area contributed by atoms with Gasteiger partial charge in [-0.3, -0.25) is 5.41 Å². The minimum Gasteiger partial charge on any atom is -0.379 e. The Labute approximate surface area is 114 Å². The van der Waals surface area contributed by atoms with Crippen LogP contribution in [0.5, 0.6) is 0 Å². The second kappa shape index (κ2) is 29.2. The molecule has 0 aliphatic rings. The summed E-state index contributed by atoms with van der Waals surface area (Å²) < 4.78 is 0. The molecule has 0 aliphatic carbocycles. The molecule has 0 radical (unpaired) electrons. The van der Waals surface area contributed by atoms with Gasteiger partial charge in [-0.05, 0) is 18.0 Å². The molecule has 0 unspecified atom stereocenters. The van der Waals surface area contributed by atoms with Gasteiger partial charge in [0.25, 0.3) is 0 Å². The van der Waals surface area contributed by atoms with E-state index < -0.39 is 0 Å². The van der Waals surface area contributed by atoms with Gasteiger partial charge in [0.1, 0.15) is 0 Å². The van der Waals surface area contributed by atoms with Crippen molar-refractivity contribution in [2.45, 2.75) is 21.3 Å². The maximum atomic E-state index is 6.64. The Balaban J connectivity index is -0.0000000332. The second-order valence-electron chi connectivity index (χ2n) is 1.47. The fourth-order valence-corrected chi connectivity index (χ4v) is 0.467. The van der Waals surface area contributed by atoms with Crippen molar-refractivity contribution in [3.05, 3.63) is 0 Å². The van der Waals surface area contributed by atoms with Crippen molar-refractivity contribution < 1.29 is 0 Å². The number of thioether (sulfide) groups is 1. The van der Waals surface area contributed by atoms with Gasteiger partial charge in [-0.15, -0.1) is 24.0 Å². The lowest BCUT2D eigenvalue weighted by Crippen LogP contribution is -2.18. The summed E-state index contributed by atoms with van der Waals surface area (Å²) >= 11 is 10.4. The molecule has 0 aromatic heterocycles. The molecule has 0 aromatic rings. The third-order valence-corrected chi connectivity index (χ3v) is 0.900. The highest BCUT2D eigenvalue weighted by Crippen LogP contribution is 1.92. The smallest absolute Gasteiger partial charge is 0.160 e. The van der Waals surface area contributed by atoms with E-state index in [1.54, 1.807) is 0 Å². The van der Waals surface area contributed by atoms with Gasteiger partial charge in [-0.2, -0.15) is 0 Å². The SMILES string of the molecule is C.CCCl.CCSC(=N)N.Cl.NC(N)=S. The first-order chi connectivity index (χ1) is 5.92. The molecule has 15 heavy (non-hydrogen) atoms. The Morgan fingerprint density at radius 3 is 1.53 bits per heavy atom. The molecule has 0 saturated heterocycles. The number of thiocarbonyl (C=S) groups is 1. The number of halogens is 2. The summed E-state index contributed by atoms with van der Waals surface area (Å²) in [5.41, 5.74) is 14.2. The largest absolute Gasteiger partial charge is 0.379 e. The summed E-state index contributed by atoms with van der Waals surface area (Å²) in [6.07, 6.45) is 0. The zero-order valence-corrected chi connectivity index (χ0v) is 11.5. The highest BCUT2D eigenvalue weighted by atomic mass is 35.5. The van der Waals surface area contributed by atoms with E-state index in [9.17, 15) is 0 Å². The molecule has 7 N–H and O–H groups in total. The average Bonchev–Trinajstić information content (AvgIpc) is 1.86. The molecule has 0 spiro atoms. The van der Waals surface area contributed by atoms with Crippen LogP contribution < -0.4 is 17.2 Å². The van der Waals surface area contributed by atoms with Crippen LogP contribution in [-0.2, 0) is 0 Å². The van der Waals surface area contributed by atoms with E-state index in [-0.39, 0.29) is 30.1 Å². The third-order valence-electron chi connectivity index (χ3n) is 0.300. The monoisotopic (exact) mass is 296 g/mol. The minimum atomic E-state index is 0. The number of hydrogen-bond acceptors (Lipinski definition) is 3. The van der Waals surface area contributed by atoms with Gasteiger partial charge >= 0.3 is 0 Å². The molecule has 0 bridgehead atoms. The van der Waals surface area contributed by atoms with Gasteiger partial charge in [0, 0.05) is 5.88 Å². The Morgan fingerprint density at radius 1 is 1.33 bits per heavy atom. The molecule has 0 atom stereocenters. The molecular weight excluding hydrogens is 275 g/mol. The van der Waals surface area contributed by atoms with Gasteiger partial charge in [0.2, 0.25) is 0 Å². The summed E-state index contributed by atoms with van der Waals surface area (Å²) in [4.78, 5) is 0. The summed E-state index contributed by atoms with van der Waals surface area (Å²) in [6.45, 7) is 3.85. The van der Waals surface area contributed by atoms with Crippen molar-refractivity contribution >= 4 is 58.3 Å². The normalized spacial score (nSPS) is 6.07. The quantitative estimate of drug-likeness (QED) is 0.257. The van der Waals surface area contributed by atoms with E-state index in [0.717, 1.165) is 11.6 Å². The predicted molar refractivity (Wildman–Crippen MR) is 81.4 cm³/mol. The molecule has 8 heteroatoms. The van der Waals surface area contributed by atoms with Crippen LogP contribution in [0.1, 0.15) is 21.3 Å². The summed E-state index contributed by atoms with van der Waals surface area (Å²) in [5, 5.41) is 6.84. The van der Waals surface area contributed by atoms with Crippen LogP contribution in [0.3, 0.4) is 0 Å². The van der Waals surface area contributed by atoms with Crippen LogP contribution in [0, 0.1) is 5.41 Å². The van der Waals surface area contributed by atoms with Crippen LogP contribution in [0.15, 0.2) is 0 Å². The van der Waals surface area contributed by atoms with E-state index in [0.29, 0.717) is 0 Å². The number of hydrogen-bond donors (Lipinski definition) is 4. The second-order valence-corrected chi connectivity index (χ2v) is 3.78. The lowest BCUT2D eigenvalue weighted by Gasteiger charge is -1.85. The molecule has 0 amide bonds. The summed E-state index contributed by atoms with van der Waals surface area (Å²) in [7, 11) is 0. The molecule has 96 valence electrons. The first-order valence-corrected chi connectivity index (χ1v) is 5.42. The van der Waals surface area contributed by atoms with E-state index in [1.165, 1.54) is 11.8 Å². The molecule has 0 aliphatic heterocycles. The third kappa shape index (κ3) is 216. The van der Waals surface area contributed by atoms with Crippen molar-refractivity contribution in [1.29, 1.82) is 5.41 Å². The van der Waals surface area contributed by atoms with Crippen LogP contribution in [0.25, 0.3) is 0 Å². The number of alkyl halides is 1. The molecule has 0 saturated carbocycles. The number of amidine groups is 1. The van der Waals surface area contributed by atoms with Crippen molar-refractivity contribution in [2.75, 3.05) is 11.6 Å². The zero-order chi connectivity index (χ0) is 11.3. The van der Waals surface area contributed by atoms with Crippen molar-refractivity contribution in [3.8, 4) is 0 Å². The van der Waals surface area contributed by atoms with Crippen LogP contribution in [0.2, 0.25) is 0 Å². The zero-order valence-electron chi connectivity index (χ0n) is 8.25. The number of nitrogens with one attached hydrogen (secondary N) is 1. The van der Waals surface area contributed by atoms with Crippen LogP contribution >= 0.6 is 48.0 Å². The molecule has 0 aromatic carbocycles. The molecular formula is C7H22Cl2N4S2. The van der Waals surface area contributed by atoms with E-state index >= 15 is 0 Å².